The van der Waals surface area contributed by atoms with Crippen LogP contribution in [0.1, 0.15) is 0 Å². The molecule has 0 saturated heterocycles. The van der Waals surface area contributed by atoms with E-state index in [1.165, 1.54) is 0 Å². The van der Waals surface area contributed by atoms with Gasteiger partial charge in [-0.25, -0.2) is 9.97 Å². The lowest BCUT2D eigenvalue weighted by molar-refractivity contribution is 0.126. The minimum absolute atomic E-state index is 0.186. The fourth-order valence-corrected chi connectivity index (χ4v) is 1.87. The summed E-state index contributed by atoms with van der Waals surface area (Å²) >= 11 is 0. The van der Waals surface area contributed by atoms with Gasteiger partial charge in [-0.1, -0.05) is 0 Å². The highest BCUT2D eigenvalue weighted by Crippen LogP contribution is 2.14. The summed E-state index contributed by atoms with van der Waals surface area (Å²) in [6.07, 6.45) is 2.82. The molecule has 3 rings (SSSR count). The van der Waals surface area contributed by atoms with Crippen molar-refractivity contribution in [3.05, 3.63) is 18.1 Å². The molecule has 0 aromatic carbocycles. The molecule has 1 aliphatic heterocycles. The van der Waals surface area contributed by atoms with Gasteiger partial charge in [0.2, 0.25) is 0 Å². The molecule has 6 heteroatoms. The van der Waals surface area contributed by atoms with Crippen molar-refractivity contribution in [1.29, 1.82) is 5.41 Å². The largest absolute Gasteiger partial charge is 0.389 e. The first-order valence-corrected chi connectivity index (χ1v) is 4.38. The Balaban J connectivity index is 2.45. The van der Waals surface area contributed by atoms with Gasteiger partial charge in [-0.2, -0.15) is 0 Å². The summed E-state index contributed by atoms with van der Waals surface area (Å²) in [6.45, 7) is 1.06. The van der Waals surface area contributed by atoms with Gasteiger partial charge in [-0.15, -0.1) is 0 Å². The number of hydrogen-bond acceptors (Lipinski definition) is 4. The van der Waals surface area contributed by atoms with E-state index in [1.807, 2.05) is 9.13 Å². The minimum Gasteiger partial charge on any atom is -0.389 e. The fraction of sp³-hybridized carbons (Fsp3) is 0.375. The summed E-state index contributed by atoms with van der Waals surface area (Å²) in [7, 11) is 0. The summed E-state index contributed by atoms with van der Waals surface area (Å²) in [6, 6.07) is 0. The lowest BCUT2D eigenvalue weighted by Gasteiger charge is -2.21. The van der Waals surface area contributed by atoms with Gasteiger partial charge >= 0.3 is 0 Å². The maximum atomic E-state index is 9.55. The molecule has 6 nitrogen and oxygen atoms in total. The predicted molar refractivity (Wildman–Crippen MR) is 47.4 cm³/mol. The van der Waals surface area contributed by atoms with Crippen LogP contribution in [0, 0.1) is 5.41 Å². The molecule has 3 heterocycles. The van der Waals surface area contributed by atoms with Gasteiger partial charge in [0.15, 0.2) is 5.49 Å². The molecule has 14 heavy (non-hydrogen) atoms. The molecule has 2 aromatic rings. The second kappa shape index (κ2) is 2.42. The minimum atomic E-state index is -0.400. The number of aliphatic hydroxyl groups excluding tert-OH is 1. The van der Waals surface area contributed by atoms with E-state index in [1.54, 1.807) is 12.7 Å². The number of hydrogen-bond donors (Lipinski definition) is 2. The highest BCUT2D eigenvalue weighted by molar-refractivity contribution is 5.69. The maximum absolute atomic E-state index is 9.55. The molecule has 0 saturated carbocycles. The van der Waals surface area contributed by atoms with E-state index in [9.17, 15) is 5.11 Å². The van der Waals surface area contributed by atoms with Crippen LogP contribution in [0.15, 0.2) is 12.7 Å². The summed E-state index contributed by atoms with van der Waals surface area (Å²) in [5.74, 6) is 0. The summed E-state index contributed by atoms with van der Waals surface area (Å²) in [5, 5.41) is 17.1. The zero-order valence-corrected chi connectivity index (χ0v) is 7.38. The number of aromatic nitrogens is 4. The Bertz CT molecular complexity index is 554. The van der Waals surface area contributed by atoms with Crippen LogP contribution in [0.4, 0.5) is 0 Å². The first kappa shape index (κ1) is 7.69. The van der Waals surface area contributed by atoms with Gasteiger partial charge in [0.05, 0.1) is 31.8 Å². The number of imidazole rings is 1. The lowest BCUT2D eigenvalue weighted by Crippen LogP contribution is -2.29. The second-order valence-corrected chi connectivity index (χ2v) is 3.47. The molecule has 0 spiro atoms. The van der Waals surface area contributed by atoms with Crippen LogP contribution in [0.2, 0.25) is 0 Å². The van der Waals surface area contributed by atoms with Crippen LogP contribution >= 0.6 is 0 Å². The first-order chi connectivity index (χ1) is 6.75. The van der Waals surface area contributed by atoms with Crippen molar-refractivity contribution < 1.29 is 5.11 Å². The number of rotatable bonds is 0. The van der Waals surface area contributed by atoms with Crippen molar-refractivity contribution in [2.75, 3.05) is 0 Å². The molecule has 0 amide bonds. The van der Waals surface area contributed by atoms with Gasteiger partial charge in [-0.05, 0) is 0 Å². The Morgan fingerprint density at radius 3 is 2.64 bits per heavy atom. The van der Waals surface area contributed by atoms with Crippen molar-refractivity contribution in [3.63, 3.8) is 0 Å². The molecule has 0 radical (unpaired) electrons. The molecule has 0 bridgehead atoms. The highest BCUT2D eigenvalue weighted by Gasteiger charge is 2.18. The Morgan fingerprint density at radius 1 is 1.29 bits per heavy atom. The van der Waals surface area contributed by atoms with Crippen LogP contribution in [0.5, 0.6) is 0 Å². The van der Waals surface area contributed by atoms with Crippen molar-refractivity contribution in [3.8, 4) is 0 Å². The Kier molecular flexibility index (Phi) is 1.33. The molecule has 2 aromatic heterocycles. The van der Waals surface area contributed by atoms with Crippen LogP contribution in [0.25, 0.3) is 11.2 Å². The third kappa shape index (κ3) is 0.856. The van der Waals surface area contributed by atoms with Gasteiger partial charge in [0.1, 0.15) is 11.2 Å². The zero-order valence-electron chi connectivity index (χ0n) is 7.38. The van der Waals surface area contributed by atoms with E-state index in [2.05, 4.69) is 9.97 Å². The molecule has 0 aliphatic carbocycles. The molecule has 1 atom stereocenters. The Hall–Kier alpha value is -1.69. The average molecular weight is 191 g/mol. The second-order valence-electron chi connectivity index (χ2n) is 3.47. The van der Waals surface area contributed by atoms with Crippen LogP contribution in [0.3, 0.4) is 0 Å². The highest BCUT2D eigenvalue weighted by atomic mass is 16.3. The van der Waals surface area contributed by atoms with E-state index in [0.717, 1.165) is 5.65 Å². The van der Waals surface area contributed by atoms with Gasteiger partial charge < -0.3 is 14.2 Å². The van der Waals surface area contributed by atoms with Crippen LogP contribution in [-0.2, 0) is 13.1 Å². The SMILES string of the molecule is N=c1ncn2c3c1ncn3CC(O)C2. The molecule has 72 valence electrons. The van der Waals surface area contributed by atoms with E-state index < -0.39 is 6.10 Å². The third-order valence-corrected chi connectivity index (χ3v) is 2.45. The number of aliphatic hydroxyl groups is 1. The topological polar surface area (TPSA) is 79.7 Å². The summed E-state index contributed by atoms with van der Waals surface area (Å²) in [4.78, 5) is 8.01. The number of nitrogens with zero attached hydrogens (tertiary/aromatic N) is 4. The van der Waals surface area contributed by atoms with Crippen molar-refractivity contribution in [1.82, 2.24) is 19.1 Å². The van der Waals surface area contributed by atoms with Crippen molar-refractivity contribution >= 4 is 11.2 Å². The molecule has 1 unspecified atom stereocenters. The summed E-state index contributed by atoms with van der Waals surface area (Å²) in [5.41, 5.74) is 1.65. The smallest absolute Gasteiger partial charge is 0.176 e. The van der Waals surface area contributed by atoms with Crippen molar-refractivity contribution in [2.24, 2.45) is 0 Å². The van der Waals surface area contributed by atoms with E-state index in [4.69, 9.17) is 5.41 Å². The zero-order chi connectivity index (χ0) is 9.71. The standard InChI is InChI=1S/C8H9N5O/c9-7-6-8-12(3-10-6)1-5(14)2-13(8)4-11-7/h3-5,9,14H,1-2H2. The van der Waals surface area contributed by atoms with Gasteiger partial charge in [0, 0.05) is 0 Å². The Labute approximate surface area is 79.0 Å². The van der Waals surface area contributed by atoms with Gasteiger partial charge in [-0.3, -0.25) is 5.41 Å². The van der Waals surface area contributed by atoms with E-state index >= 15 is 0 Å². The number of nitrogens with one attached hydrogen (secondary N) is 1. The van der Waals surface area contributed by atoms with Crippen molar-refractivity contribution in [2.45, 2.75) is 19.2 Å². The quantitative estimate of drug-likeness (QED) is 0.565. The normalized spacial score (nSPS) is 20.2. The molecular formula is C8H9N5O. The molecule has 1 aliphatic rings. The van der Waals surface area contributed by atoms with Crippen LogP contribution in [-0.4, -0.2) is 30.3 Å². The molecular weight excluding hydrogens is 182 g/mol. The predicted octanol–water partition coefficient (Wildman–Crippen LogP) is -0.913. The van der Waals surface area contributed by atoms with Gasteiger partial charge in [0.25, 0.3) is 0 Å². The summed E-state index contributed by atoms with van der Waals surface area (Å²) < 4.78 is 3.68. The van der Waals surface area contributed by atoms with E-state index in [-0.39, 0.29) is 5.49 Å². The van der Waals surface area contributed by atoms with E-state index in [0.29, 0.717) is 18.6 Å². The monoisotopic (exact) mass is 191 g/mol. The lowest BCUT2D eigenvalue weighted by atomic mass is 10.3. The third-order valence-electron chi connectivity index (χ3n) is 2.45. The first-order valence-electron chi connectivity index (χ1n) is 4.38. The molecule has 0 fully saturated rings. The maximum Gasteiger partial charge on any atom is 0.176 e. The fourth-order valence-electron chi connectivity index (χ4n) is 1.87. The average Bonchev–Trinajstić information content (AvgIpc) is 2.56. The Morgan fingerprint density at radius 2 is 1.93 bits per heavy atom. The molecule has 2 N–H and O–H groups in total. The van der Waals surface area contributed by atoms with Crippen LogP contribution < -0.4 is 5.49 Å².